The summed E-state index contributed by atoms with van der Waals surface area (Å²) in [5.41, 5.74) is 1.34. The molecule has 5 aromatic rings. The number of nitrogens with zero attached hydrogens (tertiary/aromatic N) is 4. The van der Waals surface area contributed by atoms with Gasteiger partial charge in [-0.2, -0.15) is 0 Å². The smallest absolute Gasteiger partial charge is 0.269 e. The van der Waals surface area contributed by atoms with Crippen molar-refractivity contribution >= 4 is 49.4 Å². The van der Waals surface area contributed by atoms with E-state index in [0.29, 0.717) is 28.9 Å². The van der Waals surface area contributed by atoms with E-state index in [4.69, 9.17) is 14.1 Å². The van der Waals surface area contributed by atoms with Crippen molar-refractivity contribution in [1.29, 1.82) is 0 Å². The highest BCUT2D eigenvalue weighted by Crippen LogP contribution is 2.36. The average Bonchev–Trinajstić information content (AvgIpc) is 3.38. The summed E-state index contributed by atoms with van der Waals surface area (Å²) >= 11 is 1.39. The van der Waals surface area contributed by atoms with Gasteiger partial charge in [0.15, 0.2) is 5.13 Å². The van der Waals surface area contributed by atoms with Crippen molar-refractivity contribution in [3.05, 3.63) is 76.5 Å². The van der Waals surface area contributed by atoms with Crippen LogP contribution in [0.1, 0.15) is 23.0 Å². The minimum Gasteiger partial charge on any atom is -0.494 e. The Morgan fingerprint density at radius 3 is 2.67 bits per heavy atom. The Bertz CT molecular complexity index is 1520. The van der Waals surface area contributed by atoms with Gasteiger partial charge in [-0.25, -0.2) is 9.97 Å². The standard InChI is InChI=1S/C24H20N4O4S/c1-4-31-16-11-9-15(10-12-16)28(24-26-17-7-5-6-8-18(17)33-24)23(30)19-14(2)32-21-20(19)22(29)27(3)13-25-21/h5-13H,4H2,1-3H3. The molecule has 2 aromatic carbocycles. The maximum Gasteiger partial charge on any atom is 0.269 e. The first-order valence-corrected chi connectivity index (χ1v) is 11.2. The number of anilines is 2. The predicted octanol–water partition coefficient (Wildman–Crippen LogP) is 4.82. The quantitative estimate of drug-likeness (QED) is 0.373. The van der Waals surface area contributed by atoms with E-state index in [2.05, 4.69) is 4.98 Å². The van der Waals surface area contributed by atoms with E-state index in [1.165, 1.54) is 27.1 Å². The van der Waals surface area contributed by atoms with Gasteiger partial charge in [0.1, 0.15) is 23.2 Å². The number of carbonyl (C=O) groups is 1. The first-order chi connectivity index (χ1) is 16.0. The number of aryl methyl sites for hydroxylation is 2. The van der Waals surface area contributed by atoms with Crippen LogP contribution in [0.15, 0.2) is 64.1 Å². The molecule has 9 heteroatoms. The Kier molecular flexibility index (Phi) is 5.18. The maximum atomic E-state index is 14.0. The third kappa shape index (κ3) is 3.56. The molecule has 0 saturated carbocycles. The van der Waals surface area contributed by atoms with E-state index in [9.17, 15) is 9.59 Å². The fourth-order valence-electron chi connectivity index (χ4n) is 3.68. The summed E-state index contributed by atoms with van der Waals surface area (Å²) in [4.78, 5) is 37.3. The van der Waals surface area contributed by atoms with E-state index < -0.39 is 5.91 Å². The summed E-state index contributed by atoms with van der Waals surface area (Å²) in [6.07, 6.45) is 1.37. The second kappa shape index (κ2) is 8.18. The monoisotopic (exact) mass is 460 g/mol. The molecule has 3 heterocycles. The maximum absolute atomic E-state index is 14.0. The summed E-state index contributed by atoms with van der Waals surface area (Å²) in [5.74, 6) is 0.600. The van der Waals surface area contributed by atoms with Crippen LogP contribution in [-0.4, -0.2) is 27.0 Å². The summed E-state index contributed by atoms with van der Waals surface area (Å²) in [7, 11) is 1.59. The van der Waals surface area contributed by atoms with Crippen LogP contribution in [0, 0.1) is 6.92 Å². The van der Waals surface area contributed by atoms with Gasteiger partial charge in [0, 0.05) is 7.05 Å². The molecule has 0 fully saturated rings. The molecule has 0 unspecified atom stereocenters. The topological polar surface area (TPSA) is 90.5 Å². The molecule has 0 radical (unpaired) electrons. The molecule has 0 aliphatic rings. The number of ether oxygens (including phenoxy) is 1. The van der Waals surface area contributed by atoms with E-state index in [0.717, 1.165) is 10.2 Å². The van der Waals surface area contributed by atoms with Crippen LogP contribution < -0.4 is 15.2 Å². The fraction of sp³-hybridized carbons (Fsp3) is 0.167. The van der Waals surface area contributed by atoms with E-state index in [1.807, 2.05) is 31.2 Å². The van der Waals surface area contributed by atoms with Crippen molar-refractivity contribution in [3.8, 4) is 5.75 Å². The van der Waals surface area contributed by atoms with Gasteiger partial charge < -0.3 is 13.7 Å². The number of aromatic nitrogens is 3. The van der Waals surface area contributed by atoms with Crippen molar-refractivity contribution in [1.82, 2.24) is 14.5 Å². The molecule has 0 atom stereocenters. The molecule has 33 heavy (non-hydrogen) atoms. The highest BCUT2D eigenvalue weighted by Gasteiger charge is 2.30. The number of rotatable bonds is 5. The Balaban J connectivity index is 1.71. The molecule has 5 rings (SSSR count). The molecule has 0 spiro atoms. The summed E-state index contributed by atoms with van der Waals surface area (Å²) in [6.45, 7) is 4.10. The van der Waals surface area contributed by atoms with Crippen LogP contribution in [-0.2, 0) is 7.05 Å². The van der Waals surface area contributed by atoms with Gasteiger partial charge in [0.05, 0.1) is 28.1 Å². The molecular weight excluding hydrogens is 440 g/mol. The number of para-hydroxylation sites is 1. The zero-order chi connectivity index (χ0) is 23.1. The normalized spacial score (nSPS) is 11.2. The van der Waals surface area contributed by atoms with E-state index in [-0.39, 0.29) is 22.2 Å². The Hall–Kier alpha value is -3.98. The van der Waals surface area contributed by atoms with Gasteiger partial charge in [0.25, 0.3) is 11.5 Å². The second-order valence-electron chi connectivity index (χ2n) is 7.41. The minimum absolute atomic E-state index is 0.134. The molecule has 0 aliphatic carbocycles. The average molecular weight is 461 g/mol. The number of thiazole rings is 1. The second-order valence-corrected chi connectivity index (χ2v) is 8.41. The van der Waals surface area contributed by atoms with Gasteiger partial charge in [-0.1, -0.05) is 23.5 Å². The van der Waals surface area contributed by atoms with Crippen LogP contribution in [0.3, 0.4) is 0 Å². The van der Waals surface area contributed by atoms with Crippen LogP contribution in [0.2, 0.25) is 0 Å². The predicted molar refractivity (Wildman–Crippen MR) is 128 cm³/mol. The largest absolute Gasteiger partial charge is 0.494 e. The molecule has 166 valence electrons. The van der Waals surface area contributed by atoms with Gasteiger partial charge in [-0.05, 0) is 50.2 Å². The van der Waals surface area contributed by atoms with E-state index >= 15 is 0 Å². The van der Waals surface area contributed by atoms with Crippen LogP contribution in [0.5, 0.6) is 5.75 Å². The molecule has 0 saturated heterocycles. The van der Waals surface area contributed by atoms with Crippen molar-refractivity contribution in [2.24, 2.45) is 7.05 Å². The van der Waals surface area contributed by atoms with Crippen molar-refractivity contribution in [2.45, 2.75) is 13.8 Å². The zero-order valence-electron chi connectivity index (χ0n) is 18.2. The Labute approximate surface area is 192 Å². The lowest BCUT2D eigenvalue weighted by Crippen LogP contribution is -2.28. The van der Waals surface area contributed by atoms with Crippen LogP contribution in [0.25, 0.3) is 21.3 Å². The lowest BCUT2D eigenvalue weighted by molar-refractivity contribution is 0.0999. The Morgan fingerprint density at radius 1 is 1.18 bits per heavy atom. The molecule has 0 N–H and O–H groups in total. The molecule has 3 aromatic heterocycles. The van der Waals surface area contributed by atoms with Crippen molar-refractivity contribution in [3.63, 3.8) is 0 Å². The SMILES string of the molecule is CCOc1ccc(N(C(=O)c2c(C)oc3ncn(C)c(=O)c23)c2nc3ccccc3s2)cc1. The summed E-state index contributed by atoms with van der Waals surface area (Å²) in [6, 6.07) is 14.9. The highest BCUT2D eigenvalue weighted by molar-refractivity contribution is 7.22. The third-order valence-electron chi connectivity index (χ3n) is 5.24. The zero-order valence-corrected chi connectivity index (χ0v) is 19.0. The lowest BCUT2D eigenvalue weighted by Gasteiger charge is -2.20. The van der Waals surface area contributed by atoms with Gasteiger partial charge in [-0.3, -0.25) is 14.5 Å². The number of hydrogen-bond donors (Lipinski definition) is 0. The van der Waals surface area contributed by atoms with E-state index in [1.54, 1.807) is 38.2 Å². The van der Waals surface area contributed by atoms with Crippen molar-refractivity contribution < 1.29 is 13.9 Å². The molecular formula is C24H20N4O4S. The first-order valence-electron chi connectivity index (χ1n) is 10.4. The number of hydrogen-bond acceptors (Lipinski definition) is 7. The molecule has 8 nitrogen and oxygen atoms in total. The molecule has 0 bridgehead atoms. The number of carbonyl (C=O) groups excluding carboxylic acids is 1. The number of benzene rings is 2. The summed E-state index contributed by atoms with van der Waals surface area (Å²) < 4.78 is 13.5. The molecule has 0 aliphatic heterocycles. The first kappa shape index (κ1) is 20.9. The third-order valence-corrected chi connectivity index (χ3v) is 6.27. The highest BCUT2D eigenvalue weighted by atomic mass is 32.1. The Morgan fingerprint density at radius 2 is 1.94 bits per heavy atom. The lowest BCUT2D eigenvalue weighted by atomic mass is 10.1. The fourth-order valence-corrected chi connectivity index (χ4v) is 4.67. The molecule has 1 amide bonds. The number of fused-ring (bicyclic) bond motifs is 2. The number of amides is 1. The van der Waals surface area contributed by atoms with Gasteiger partial charge in [-0.15, -0.1) is 0 Å². The van der Waals surface area contributed by atoms with Gasteiger partial charge in [0.2, 0.25) is 5.71 Å². The van der Waals surface area contributed by atoms with Crippen molar-refractivity contribution in [2.75, 3.05) is 11.5 Å². The van der Waals surface area contributed by atoms with Crippen LogP contribution >= 0.6 is 11.3 Å². The minimum atomic E-state index is -0.417. The van der Waals surface area contributed by atoms with Crippen LogP contribution in [0.4, 0.5) is 10.8 Å². The number of furan rings is 1. The van der Waals surface area contributed by atoms with Gasteiger partial charge >= 0.3 is 0 Å². The summed E-state index contributed by atoms with van der Waals surface area (Å²) in [5, 5.41) is 0.638.